The highest BCUT2D eigenvalue weighted by molar-refractivity contribution is 5.98. The lowest BCUT2D eigenvalue weighted by Gasteiger charge is -2.35. The summed E-state index contributed by atoms with van der Waals surface area (Å²) in [7, 11) is 1.43. The lowest BCUT2D eigenvalue weighted by molar-refractivity contribution is -0.149. The van der Waals surface area contributed by atoms with Gasteiger partial charge in [0.25, 0.3) is 0 Å². The van der Waals surface area contributed by atoms with E-state index in [1.165, 1.54) is 20.1 Å². The van der Waals surface area contributed by atoms with Gasteiger partial charge in [-0.2, -0.15) is 0 Å². The van der Waals surface area contributed by atoms with E-state index in [2.05, 4.69) is 0 Å². The molecule has 3 atom stereocenters. The molecule has 1 rings (SSSR count). The van der Waals surface area contributed by atoms with Crippen LogP contribution in [0, 0.1) is 5.92 Å². The van der Waals surface area contributed by atoms with Crippen molar-refractivity contribution in [3.8, 4) is 0 Å². The minimum Gasteiger partial charge on any atom is -0.501 e. The maximum atomic E-state index is 11.3. The molecule has 0 amide bonds. The van der Waals surface area contributed by atoms with Crippen LogP contribution in [-0.4, -0.2) is 34.8 Å². The summed E-state index contributed by atoms with van der Waals surface area (Å²) < 4.78 is 4.91. The molecule has 2 N–H and O–H groups in total. The summed E-state index contributed by atoms with van der Waals surface area (Å²) in [6, 6.07) is 0. The molecule has 0 bridgehead atoms. The van der Waals surface area contributed by atoms with Crippen LogP contribution in [0.1, 0.15) is 13.8 Å². The summed E-state index contributed by atoms with van der Waals surface area (Å²) in [5, 5.41) is 19.2. The zero-order valence-corrected chi connectivity index (χ0v) is 7.94. The Morgan fingerprint density at radius 2 is 2.15 bits per heavy atom. The smallest absolute Gasteiger partial charge is 0.192 e. The molecule has 4 heteroatoms. The van der Waals surface area contributed by atoms with Gasteiger partial charge < -0.3 is 14.9 Å². The highest BCUT2D eigenvalue weighted by Crippen LogP contribution is 2.30. The quantitative estimate of drug-likeness (QED) is 0.597. The topological polar surface area (TPSA) is 66.8 Å². The monoisotopic (exact) mass is 186 g/mol. The average molecular weight is 186 g/mol. The Bertz CT molecular complexity index is 254. The summed E-state index contributed by atoms with van der Waals surface area (Å²) in [4.78, 5) is 11.3. The fraction of sp³-hybridized carbons (Fsp3) is 0.667. The Morgan fingerprint density at radius 1 is 1.62 bits per heavy atom. The summed E-state index contributed by atoms with van der Waals surface area (Å²) in [5.74, 6) is -0.475. The molecule has 0 aromatic heterocycles. The third kappa shape index (κ3) is 1.47. The van der Waals surface area contributed by atoms with Gasteiger partial charge in [0.1, 0.15) is 5.76 Å². The minimum atomic E-state index is -1.69. The fourth-order valence-corrected chi connectivity index (χ4v) is 1.44. The van der Waals surface area contributed by atoms with Crippen molar-refractivity contribution in [3.63, 3.8) is 0 Å². The number of ketones is 1. The van der Waals surface area contributed by atoms with E-state index in [4.69, 9.17) is 4.74 Å². The number of rotatable bonds is 1. The zero-order valence-electron chi connectivity index (χ0n) is 7.94. The van der Waals surface area contributed by atoms with Gasteiger partial charge >= 0.3 is 0 Å². The molecule has 0 saturated heterocycles. The van der Waals surface area contributed by atoms with Crippen molar-refractivity contribution in [1.82, 2.24) is 0 Å². The predicted molar refractivity (Wildman–Crippen MR) is 45.9 cm³/mol. The predicted octanol–water partition coefficient (Wildman–Crippen LogP) is -0.153. The van der Waals surface area contributed by atoms with E-state index >= 15 is 0 Å². The maximum Gasteiger partial charge on any atom is 0.192 e. The van der Waals surface area contributed by atoms with Crippen molar-refractivity contribution >= 4 is 5.78 Å². The van der Waals surface area contributed by atoms with Gasteiger partial charge in [-0.05, 0) is 6.92 Å². The second-order valence-electron chi connectivity index (χ2n) is 3.50. The molecule has 0 aliphatic heterocycles. The third-order valence-corrected chi connectivity index (χ3v) is 2.51. The van der Waals surface area contributed by atoms with Crippen LogP contribution in [0.4, 0.5) is 0 Å². The first-order chi connectivity index (χ1) is 5.91. The van der Waals surface area contributed by atoms with Gasteiger partial charge in [0, 0.05) is 12.0 Å². The number of carbonyl (C=O) groups is 1. The van der Waals surface area contributed by atoms with Crippen molar-refractivity contribution in [2.24, 2.45) is 5.92 Å². The summed E-state index contributed by atoms with van der Waals surface area (Å²) in [6.07, 6.45) is 0.122. The van der Waals surface area contributed by atoms with E-state index in [9.17, 15) is 15.0 Å². The molecule has 0 fully saturated rings. The molecule has 74 valence electrons. The van der Waals surface area contributed by atoms with Crippen molar-refractivity contribution in [1.29, 1.82) is 0 Å². The molecule has 1 aliphatic rings. The normalized spacial score (nSPS) is 40.1. The van der Waals surface area contributed by atoms with Crippen molar-refractivity contribution in [3.05, 3.63) is 11.8 Å². The van der Waals surface area contributed by atoms with Crippen molar-refractivity contribution in [2.75, 3.05) is 7.11 Å². The number of methoxy groups -OCH3 is 1. The molecule has 0 aromatic carbocycles. The molecule has 0 spiro atoms. The van der Waals surface area contributed by atoms with Crippen LogP contribution in [0.3, 0.4) is 0 Å². The minimum absolute atomic E-state index is 0.363. The maximum absolute atomic E-state index is 11.3. The molecule has 1 aliphatic carbocycles. The zero-order chi connectivity index (χ0) is 10.2. The van der Waals surface area contributed by atoms with E-state index in [0.717, 1.165) is 0 Å². The molecule has 4 nitrogen and oxygen atoms in total. The van der Waals surface area contributed by atoms with Gasteiger partial charge in [-0.15, -0.1) is 0 Å². The average Bonchev–Trinajstić information content (AvgIpc) is 2.09. The first kappa shape index (κ1) is 10.2. The Morgan fingerprint density at radius 3 is 2.62 bits per heavy atom. The Kier molecular flexibility index (Phi) is 2.45. The fourth-order valence-electron chi connectivity index (χ4n) is 1.44. The van der Waals surface area contributed by atoms with Crippen molar-refractivity contribution < 1.29 is 19.7 Å². The van der Waals surface area contributed by atoms with Crippen LogP contribution in [0.2, 0.25) is 0 Å². The first-order valence-electron chi connectivity index (χ1n) is 4.11. The van der Waals surface area contributed by atoms with Gasteiger partial charge in [-0.3, -0.25) is 4.79 Å². The van der Waals surface area contributed by atoms with Crippen LogP contribution in [0.5, 0.6) is 0 Å². The SMILES string of the molecule is COC1=CC(=O)[C@](C)(O)[C@H](O)[C@H]1C. The number of aliphatic hydroxyl groups is 2. The van der Waals surface area contributed by atoms with E-state index in [1.807, 2.05) is 0 Å². The molecule has 0 unspecified atom stereocenters. The molecule has 0 saturated carbocycles. The van der Waals surface area contributed by atoms with Gasteiger partial charge in [-0.25, -0.2) is 0 Å². The van der Waals surface area contributed by atoms with Gasteiger partial charge in [-0.1, -0.05) is 6.92 Å². The summed E-state index contributed by atoms with van der Waals surface area (Å²) >= 11 is 0. The van der Waals surface area contributed by atoms with Crippen LogP contribution in [-0.2, 0) is 9.53 Å². The van der Waals surface area contributed by atoms with Gasteiger partial charge in [0.15, 0.2) is 11.4 Å². The van der Waals surface area contributed by atoms with Crippen LogP contribution >= 0.6 is 0 Å². The number of carbonyl (C=O) groups excluding carboxylic acids is 1. The van der Waals surface area contributed by atoms with Crippen LogP contribution in [0.15, 0.2) is 11.8 Å². The summed E-state index contributed by atoms with van der Waals surface area (Å²) in [6.45, 7) is 3.00. The van der Waals surface area contributed by atoms with E-state index in [0.29, 0.717) is 5.76 Å². The lowest BCUT2D eigenvalue weighted by Crippen LogP contribution is -2.52. The van der Waals surface area contributed by atoms with Gasteiger partial charge in [0.05, 0.1) is 13.2 Å². The number of aliphatic hydroxyl groups excluding tert-OH is 1. The molecule has 0 aromatic rings. The van der Waals surface area contributed by atoms with Crippen molar-refractivity contribution in [2.45, 2.75) is 25.6 Å². The molecular formula is C9H14O4. The number of hydrogen-bond acceptors (Lipinski definition) is 4. The van der Waals surface area contributed by atoms with Crippen LogP contribution < -0.4 is 0 Å². The number of ether oxygens (including phenoxy) is 1. The van der Waals surface area contributed by atoms with Gasteiger partial charge in [0.2, 0.25) is 0 Å². The molecule has 13 heavy (non-hydrogen) atoms. The Hall–Kier alpha value is -0.870. The Labute approximate surface area is 76.8 Å². The highest BCUT2D eigenvalue weighted by Gasteiger charge is 2.45. The number of hydrogen-bond donors (Lipinski definition) is 2. The molecule has 0 radical (unpaired) electrons. The first-order valence-corrected chi connectivity index (χ1v) is 4.11. The molecule has 0 heterocycles. The second-order valence-corrected chi connectivity index (χ2v) is 3.50. The largest absolute Gasteiger partial charge is 0.501 e. The standard InChI is InChI=1S/C9H14O4/c1-5-6(13-3)4-7(10)9(2,12)8(5)11/h4-5,8,11-12H,1-3H3/t5-,8+,9-/m0/s1. The van der Waals surface area contributed by atoms with Crippen LogP contribution in [0.25, 0.3) is 0 Å². The lowest BCUT2D eigenvalue weighted by atomic mass is 9.80. The third-order valence-electron chi connectivity index (χ3n) is 2.51. The van der Waals surface area contributed by atoms with E-state index in [-0.39, 0.29) is 5.92 Å². The highest BCUT2D eigenvalue weighted by atomic mass is 16.5. The van der Waals surface area contributed by atoms with E-state index in [1.54, 1.807) is 6.92 Å². The summed E-state index contributed by atoms with van der Waals surface area (Å²) in [5.41, 5.74) is -1.69. The second kappa shape index (κ2) is 3.12. The Balaban J connectivity index is 3.06. The van der Waals surface area contributed by atoms with E-state index < -0.39 is 17.5 Å². The molecular weight excluding hydrogens is 172 g/mol.